The lowest BCUT2D eigenvalue weighted by Crippen LogP contribution is -2.41. The first kappa shape index (κ1) is 17.4. The number of thiophene rings is 1. The summed E-state index contributed by atoms with van der Waals surface area (Å²) in [6.07, 6.45) is 2.33. The Balaban J connectivity index is 1.76. The molecule has 1 unspecified atom stereocenters. The Morgan fingerprint density at radius 2 is 2.18 bits per heavy atom. The summed E-state index contributed by atoms with van der Waals surface area (Å²) in [7, 11) is -3.25. The van der Waals surface area contributed by atoms with Crippen LogP contribution in [0.5, 0.6) is 0 Å². The minimum Gasteiger partial charge on any atom is -0.387 e. The lowest BCUT2D eigenvalue weighted by molar-refractivity contribution is -0.133. The van der Waals surface area contributed by atoms with E-state index < -0.39 is 16.1 Å². The molecule has 0 radical (unpaired) electrons. The molecule has 2 N–H and O–H groups in total. The maximum atomic E-state index is 12.0. The van der Waals surface area contributed by atoms with Gasteiger partial charge in [-0.25, -0.2) is 13.1 Å². The third-order valence-electron chi connectivity index (χ3n) is 3.88. The molecule has 0 saturated carbocycles. The van der Waals surface area contributed by atoms with Crippen LogP contribution in [0.4, 0.5) is 0 Å². The third kappa shape index (κ3) is 5.05. The van der Waals surface area contributed by atoms with Gasteiger partial charge in [-0.2, -0.15) is 0 Å². The van der Waals surface area contributed by atoms with Crippen LogP contribution in [-0.2, 0) is 14.8 Å². The molecule has 1 amide bonds. The molecule has 2 heterocycles. The highest BCUT2D eigenvalue weighted by Gasteiger charge is 2.28. The zero-order valence-electron chi connectivity index (χ0n) is 12.6. The second-order valence-corrected chi connectivity index (χ2v) is 8.41. The van der Waals surface area contributed by atoms with Crippen molar-refractivity contribution in [2.75, 3.05) is 25.9 Å². The largest absolute Gasteiger partial charge is 0.387 e. The minimum atomic E-state index is -3.25. The molecule has 1 atom stereocenters. The van der Waals surface area contributed by atoms with Crippen molar-refractivity contribution in [3.05, 3.63) is 22.4 Å². The number of nitrogens with one attached hydrogen (secondary N) is 1. The van der Waals surface area contributed by atoms with E-state index in [2.05, 4.69) is 4.72 Å². The van der Waals surface area contributed by atoms with Crippen molar-refractivity contribution in [2.45, 2.75) is 25.4 Å². The number of carbonyl (C=O) groups excluding carboxylic acids is 1. The molecule has 22 heavy (non-hydrogen) atoms. The van der Waals surface area contributed by atoms with Gasteiger partial charge in [0.1, 0.15) is 0 Å². The van der Waals surface area contributed by atoms with E-state index in [9.17, 15) is 18.3 Å². The first-order chi connectivity index (χ1) is 10.4. The maximum absolute atomic E-state index is 12.0. The Labute approximate surface area is 135 Å². The summed E-state index contributed by atoms with van der Waals surface area (Å²) in [4.78, 5) is 14.7. The van der Waals surface area contributed by atoms with Crippen molar-refractivity contribution < 1.29 is 18.3 Å². The average Bonchev–Trinajstić information content (AvgIpc) is 2.99. The monoisotopic (exact) mass is 346 g/mol. The Hall–Kier alpha value is -0.960. The number of hydrogen-bond acceptors (Lipinski definition) is 5. The smallest absolute Gasteiger partial charge is 0.223 e. The Morgan fingerprint density at radius 1 is 1.50 bits per heavy atom. The average molecular weight is 346 g/mol. The topological polar surface area (TPSA) is 86.7 Å². The van der Waals surface area contributed by atoms with Crippen LogP contribution in [0.2, 0.25) is 0 Å². The summed E-state index contributed by atoms with van der Waals surface area (Å²) in [6, 6.07) is 3.86. The summed E-state index contributed by atoms with van der Waals surface area (Å²) >= 11 is 1.55. The number of likely N-dealkylation sites (tertiary alicyclic amines) is 1. The van der Waals surface area contributed by atoms with Crippen LogP contribution in [0.15, 0.2) is 17.5 Å². The van der Waals surface area contributed by atoms with Gasteiger partial charge in [0.05, 0.1) is 12.4 Å². The fourth-order valence-corrected chi connectivity index (χ4v) is 3.93. The number of aliphatic hydroxyl groups excluding tert-OH is 1. The molecule has 0 aliphatic carbocycles. The fraction of sp³-hybridized carbons (Fsp3) is 0.643. The summed E-state index contributed by atoms with van der Waals surface area (Å²) in [5.41, 5.74) is 0. The highest BCUT2D eigenvalue weighted by molar-refractivity contribution is 7.88. The first-order valence-corrected chi connectivity index (χ1v) is 10.1. The number of hydrogen-bond donors (Lipinski definition) is 2. The van der Waals surface area contributed by atoms with Gasteiger partial charge in [0.2, 0.25) is 15.9 Å². The molecule has 1 aliphatic rings. The molecule has 124 valence electrons. The number of carbonyl (C=O) groups is 1. The molecule has 1 fully saturated rings. The fourth-order valence-electron chi connectivity index (χ4n) is 2.66. The number of sulfonamides is 1. The minimum absolute atomic E-state index is 0.0415. The highest BCUT2D eigenvalue weighted by Crippen LogP contribution is 2.32. The van der Waals surface area contributed by atoms with Gasteiger partial charge < -0.3 is 10.0 Å². The van der Waals surface area contributed by atoms with E-state index in [1.54, 1.807) is 16.2 Å². The Bertz CT molecular complexity index is 578. The lowest BCUT2D eigenvalue weighted by atomic mass is 9.90. The van der Waals surface area contributed by atoms with E-state index in [-0.39, 0.29) is 24.8 Å². The van der Waals surface area contributed by atoms with E-state index in [0.29, 0.717) is 13.1 Å². The third-order valence-corrected chi connectivity index (χ3v) is 5.55. The second kappa shape index (κ2) is 7.54. The molecule has 1 saturated heterocycles. The maximum Gasteiger partial charge on any atom is 0.223 e. The van der Waals surface area contributed by atoms with E-state index in [1.807, 2.05) is 17.5 Å². The predicted octanol–water partition coefficient (Wildman–Crippen LogP) is 0.959. The van der Waals surface area contributed by atoms with Gasteiger partial charge in [-0.1, -0.05) is 6.07 Å². The number of aliphatic hydroxyl groups is 1. The molecule has 1 aromatic rings. The van der Waals surface area contributed by atoms with Crippen molar-refractivity contribution >= 4 is 27.3 Å². The summed E-state index contributed by atoms with van der Waals surface area (Å²) in [5, 5.41) is 12.3. The SMILES string of the molecule is CS(=O)(=O)NCCC(=O)N1CCC(C(O)c2cccs2)CC1. The first-order valence-electron chi connectivity index (χ1n) is 7.30. The van der Waals surface area contributed by atoms with Crippen molar-refractivity contribution in [3.8, 4) is 0 Å². The molecule has 0 spiro atoms. The lowest BCUT2D eigenvalue weighted by Gasteiger charge is -2.34. The van der Waals surface area contributed by atoms with Crippen LogP contribution >= 0.6 is 11.3 Å². The van der Waals surface area contributed by atoms with Crippen molar-refractivity contribution in [2.24, 2.45) is 5.92 Å². The normalized spacial score (nSPS) is 18.4. The molecular weight excluding hydrogens is 324 g/mol. The van der Waals surface area contributed by atoms with Gasteiger partial charge in [0, 0.05) is 30.9 Å². The van der Waals surface area contributed by atoms with Crippen molar-refractivity contribution in [3.63, 3.8) is 0 Å². The molecule has 1 aliphatic heterocycles. The van der Waals surface area contributed by atoms with Crippen LogP contribution in [0.1, 0.15) is 30.2 Å². The molecule has 0 aromatic carbocycles. The molecule has 6 nitrogen and oxygen atoms in total. The standard InChI is InChI=1S/C14H22N2O4S2/c1-22(19,20)15-7-4-13(17)16-8-5-11(6-9-16)14(18)12-3-2-10-21-12/h2-3,10-11,14-15,18H,4-9H2,1H3. The molecular formula is C14H22N2O4S2. The van der Waals surface area contributed by atoms with E-state index >= 15 is 0 Å². The molecule has 1 aromatic heterocycles. The zero-order chi connectivity index (χ0) is 16.2. The van der Waals surface area contributed by atoms with Crippen LogP contribution in [0.25, 0.3) is 0 Å². The summed E-state index contributed by atoms with van der Waals surface area (Å²) < 4.78 is 24.2. The van der Waals surface area contributed by atoms with Crippen LogP contribution in [0.3, 0.4) is 0 Å². The van der Waals surface area contributed by atoms with E-state index in [1.165, 1.54) is 0 Å². The van der Waals surface area contributed by atoms with Crippen molar-refractivity contribution in [1.29, 1.82) is 0 Å². The molecule has 8 heteroatoms. The van der Waals surface area contributed by atoms with Gasteiger partial charge in [-0.15, -0.1) is 11.3 Å². The summed E-state index contributed by atoms with van der Waals surface area (Å²) in [6.45, 7) is 1.37. The van der Waals surface area contributed by atoms with Crippen molar-refractivity contribution in [1.82, 2.24) is 9.62 Å². The number of rotatable bonds is 6. The quantitative estimate of drug-likeness (QED) is 0.803. The van der Waals surface area contributed by atoms with Gasteiger partial charge in [-0.3, -0.25) is 4.79 Å². The van der Waals surface area contributed by atoms with Crippen LogP contribution in [0, 0.1) is 5.92 Å². The molecule has 2 rings (SSSR count). The van der Waals surface area contributed by atoms with Gasteiger partial charge in [0.15, 0.2) is 0 Å². The van der Waals surface area contributed by atoms with Gasteiger partial charge >= 0.3 is 0 Å². The van der Waals surface area contributed by atoms with Crippen LogP contribution in [-0.4, -0.2) is 50.2 Å². The van der Waals surface area contributed by atoms with Gasteiger partial charge in [-0.05, 0) is 30.2 Å². The van der Waals surface area contributed by atoms with E-state index in [4.69, 9.17) is 0 Å². The second-order valence-electron chi connectivity index (χ2n) is 5.59. The molecule has 0 bridgehead atoms. The Morgan fingerprint density at radius 3 is 2.73 bits per heavy atom. The van der Waals surface area contributed by atoms with Gasteiger partial charge in [0.25, 0.3) is 0 Å². The number of piperidine rings is 1. The zero-order valence-corrected chi connectivity index (χ0v) is 14.2. The number of nitrogens with zero attached hydrogens (tertiary/aromatic N) is 1. The summed E-state index contributed by atoms with van der Waals surface area (Å²) in [5.74, 6) is 0.136. The van der Waals surface area contributed by atoms with Crippen LogP contribution < -0.4 is 4.72 Å². The highest BCUT2D eigenvalue weighted by atomic mass is 32.2. The Kier molecular flexibility index (Phi) is 5.96. The van der Waals surface area contributed by atoms with E-state index in [0.717, 1.165) is 24.0 Å². The number of amides is 1. The predicted molar refractivity (Wildman–Crippen MR) is 86.0 cm³/mol.